The number of fused-ring (bicyclic) bond motifs is 1. The fourth-order valence-electron chi connectivity index (χ4n) is 5.76. The summed E-state index contributed by atoms with van der Waals surface area (Å²) in [6.07, 6.45) is -0.830. The third kappa shape index (κ3) is 11.0. The molecule has 1 aliphatic rings. The predicted molar refractivity (Wildman–Crippen MR) is 163 cm³/mol. The number of hydrogen-bond donors (Lipinski definition) is 1. The average molecular weight is 666 g/mol. The molecular weight excluding hydrogens is 623 g/mol. The van der Waals surface area contributed by atoms with E-state index in [9.17, 15) is 44.3 Å². The second kappa shape index (κ2) is 16.3. The lowest BCUT2D eigenvalue weighted by Crippen LogP contribution is -2.36. The lowest BCUT2D eigenvalue weighted by Gasteiger charge is -2.19. The van der Waals surface area contributed by atoms with Crippen molar-refractivity contribution in [2.75, 3.05) is 31.6 Å². The molecular formula is C33H42F7NO3S. The lowest BCUT2D eigenvalue weighted by molar-refractivity contribution is -0.284. The highest BCUT2D eigenvalue weighted by Crippen LogP contribution is 2.41. The summed E-state index contributed by atoms with van der Waals surface area (Å²) in [5.74, 6) is -7.11. The number of phenols is 1. The molecule has 0 unspecified atom stereocenters. The Bertz CT molecular complexity index is 1390. The molecule has 0 radical (unpaired) electrons. The van der Waals surface area contributed by atoms with Crippen molar-refractivity contribution >= 4 is 21.0 Å². The van der Waals surface area contributed by atoms with Gasteiger partial charge in [0.15, 0.2) is 11.6 Å². The van der Waals surface area contributed by atoms with Gasteiger partial charge in [0, 0.05) is 6.42 Å². The number of allylic oxidation sites excluding steroid dienone is 2. The van der Waals surface area contributed by atoms with E-state index < -0.39 is 46.3 Å². The van der Waals surface area contributed by atoms with Crippen LogP contribution in [0.1, 0.15) is 87.3 Å². The summed E-state index contributed by atoms with van der Waals surface area (Å²) in [6.45, 7) is 1.42. The normalized spacial score (nSPS) is 14.6. The van der Waals surface area contributed by atoms with E-state index in [4.69, 9.17) is 0 Å². The van der Waals surface area contributed by atoms with Crippen LogP contribution in [0.3, 0.4) is 0 Å². The molecule has 2 aromatic carbocycles. The molecule has 0 heterocycles. The third-order valence-electron chi connectivity index (χ3n) is 8.28. The first kappa shape index (κ1) is 36.9. The van der Waals surface area contributed by atoms with E-state index in [2.05, 4.69) is 4.90 Å². The van der Waals surface area contributed by atoms with Crippen LogP contribution in [0.2, 0.25) is 0 Å². The van der Waals surface area contributed by atoms with E-state index in [-0.39, 0.29) is 17.3 Å². The van der Waals surface area contributed by atoms with Crippen LogP contribution in [0.5, 0.6) is 5.75 Å². The number of rotatable bonds is 17. The van der Waals surface area contributed by atoms with Gasteiger partial charge in [0.1, 0.15) is 15.7 Å². The van der Waals surface area contributed by atoms with Crippen LogP contribution in [0, 0.1) is 11.6 Å². The molecule has 4 nitrogen and oxygen atoms in total. The van der Waals surface area contributed by atoms with Gasteiger partial charge in [0.25, 0.3) is 0 Å². The van der Waals surface area contributed by atoms with Crippen molar-refractivity contribution in [1.82, 2.24) is 4.90 Å². The van der Waals surface area contributed by atoms with Gasteiger partial charge in [-0.15, -0.1) is 0 Å². The van der Waals surface area contributed by atoms with E-state index in [0.29, 0.717) is 44.2 Å². The quantitative estimate of drug-likeness (QED) is 0.135. The minimum absolute atomic E-state index is 0.249. The SMILES string of the molecule is CN(CCCCCCC1=C(c2ccc(F)cc2)CCCc2c1ccc(O)c2F)CCCCS(=O)(=O)CCCC(F)(F)C(F)(F)F. The number of hydrogen-bond acceptors (Lipinski definition) is 4. The Morgan fingerprint density at radius 1 is 0.800 bits per heavy atom. The average Bonchev–Trinajstić information content (AvgIpc) is 3.14. The molecule has 45 heavy (non-hydrogen) atoms. The van der Waals surface area contributed by atoms with Crippen LogP contribution >= 0.6 is 0 Å². The second-order valence-electron chi connectivity index (χ2n) is 11.9. The zero-order valence-electron chi connectivity index (χ0n) is 25.5. The molecule has 0 saturated heterocycles. The molecule has 12 heteroatoms. The minimum atomic E-state index is -5.68. The summed E-state index contributed by atoms with van der Waals surface area (Å²) in [5, 5.41) is 9.95. The molecule has 0 spiro atoms. The minimum Gasteiger partial charge on any atom is -0.505 e. The molecule has 252 valence electrons. The second-order valence-corrected chi connectivity index (χ2v) is 14.2. The zero-order chi connectivity index (χ0) is 33.3. The van der Waals surface area contributed by atoms with Crippen LogP contribution in [-0.4, -0.2) is 62.2 Å². The highest BCUT2D eigenvalue weighted by Gasteiger charge is 2.56. The Kier molecular flexibility index (Phi) is 13.3. The van der Waals surface area contributed by atoms with Gasteiger partial charge >= 0.3 is 12.1 Å². The molecule has 0 saturated carbocycles. The first-order valence-electron chi connectivity index (χ1n) is 15.4. The predicted octanol–water partition coefficient (Wildman–Crippen LogP) is 8.97. The summed E-state index contributed by atoms with van der Waals surface area (Å²) in [6, 6.07) is 9.49. The van der Waals surface area contributed by atoms with Gasteiger partial charge in [-0.2, -0.15) is 22.0 Å². The van der Waals surface area contributed by atoms with Crippen molar-refractivity contribution in [3.05, 3.63) is 64.7 Å². The summed E-state index contributed by atoms with van der Waals surface area (Å²) in [7, 11) is -1.79. The van der Waals surface area contributed by atoms with Crippen molar-refractivity contribution in [3.8, 4) is 5.75 Å². The molecule has 1 aliphatic carbocycles. The summed E-state index contributed by atoms with van der Waals surface area (Å²) >= 11 is 0. The first-order chi connectivity index (χ1) is 21.1. The van der Waals surface area contributed by atoms with Gasteiger partial charge < -0.3 is 10.0 Å². The molecule has 2 aromatic rings. The summed E-state index contributed by atoms with van der Waals surface area (Å²) in [4.78, 5) is 2.07. The molecule has 3 rings (SSSR count). The van der Waals surface area contributed by atoms with E-state index in [1.807, 2.05) is 7.05 Å². The Morgan fingerprint density at radius 3 is 2.09 bits per heavy atom. The van der Waals surface area contributed by atoms with Crippen molar-refractivity contribution < 1.29 is 44.3 Å². The van der Waals surface area contributed by atoms with E-state index in [0.717, 1.165) is 60.9 Å². The number of alkyl halides is 5. The van der Waals surface area contributed by atoms with Crippen LogP contribution < -0.4 is 0 Å². The molecule has 0 fully saturated rings. The van der Waals surface area contributed by atoms with Gasteiger partial charge in [-0.1, -0.05) is 31.0 Å². The summed E-state index contributed by atoms with van der Waals surface area (Å²) in [5.41, 5.74) is 4.31. The van der Waals surface area contributed by atoms with Crippen LogP contribution in [0.15, 0.2) is 36.4 Å². The number of sulfone groups is 1. The Hall–Kier alpha value is -2.60. The van der Waals surface area contributed by atoms with E-state index in [1.54, 1.807) is 18.2 Å². The van der Waals surface area contributed by atoms with Crippen LogP contribution in [0.4, 0.5) is 30.7 Å². The highest BCUT2D eigenvalue weighted by molar-refractivity contribution is 7.91. The smallest absolute Gasteiger partial charge is 0.453 e. The number of benzene rings is 2. The molecule has 0 atom stereocenters. The summed E-state index contributed by atoms with van der Waals surface area (Å²) < 4.78 is 115. The first-order valence-corrected chi connectivity index (χ1v) is 17.3. The van der Waals surface area contributed by atoms with E-state index >= 15 is 0 Å². The Morgan fingerprint density at radius 2 is 1.42 bits per heavy atom. The van der Waals surface area contributed by atoms with Crippen LogP contribution in [0.25, 0.3) is 11.1 Å². The van der Waals surface area contributed by atoms with Crippen molar-refractivity contribution in [2.24, 2.45) is 0 Å². The lowest BCUT2D eigenvalue weighted by atomic mass is 9.89. The fourth-order valence-corrected chi connectivity index (χ4v) is 7.19. The molecule has 0 bridgehead atoms. The highest BCUT2D eigenvalue weighted by atomic mass is 32.2. The van der Waals surface area contributed by atoms with Gasteiger partial charge in [-0.25, -0.2) is 17.2 Å². The van der Waals surface area contributed by atoms with Gasteiger partial charge in [0.05, 0.1) is 11.5 Å². The third-order valence-corrected chi connectivity index (χ3v) is 10.1. The zero-order valence-corrected chi connectivity index (χ0v) is 26.4. The van der Waals surface area contributed by atoms with Crippen molar-refractivity contribution in [3.63, 3.8) is 0 Å². The molecule has 1 N–H and O–H groups in total. The largest absolute Gasteiger partial charge is 0.505 e. The molecule has 0 aliphatic heterocycles. The fraction of sp³-hybridized carbons (Fsp3) is 0.576. The van der Waals surface area contributed by atoms with Crippen molar-refractivity contribution in [2.45, 2.75) is 89.1 Å². The number of unbranched alkanes of at least 4 members (excludes halogenated alkanes) is 4. The number of phenolic OH excluding ortho intramolecular Hbond substituents is 1. The van der Waals surface area contributed by atoms with Crippen LogP contribution in [-0.2, 0) is 16.3 Å². The maximum Gasteiger partial charge on any atom is 0.453 e. The number of nitrogens with zero attached hydrogens (tertiary/aromatic N) is 1. The maximum atomic E-state index is 14.9. The maximum absolute atomic E-state index is 14.9. The van der Waals surface area contributed by atoms with E-state index in [1.165, 1.54) is 18.2 Å². The van der Waals surface area contributed by atoms with Gasteiger partial charge in [-0.3, -0.25) is 0 Å². The van der Waals surface area contributed by atoms with Gasteiger partial charge in [0.2, 0.25) is 0 Å². The molecule has 0 aromatic heterocycles. The van der Waals surface area contributed by atoms with Gasteiger partial charge in [-0.05, 0) is 124 Å². The standard InChI is InChI=1S/C33H42F7NO3S/c1-41(21-6-7-22-45(43,44)23-9-19-32(36,37)33(38,39)40)20-5-3-2-4-10-27-26(24-13-15-25(34)16-14-24)11-8-12-29-28(27)17-18-30(42)31(29)35/h13-18,42H,2-12,19-23H2,1H3. The topological polar surface area (TPSA) is 57.6 Å². The Labute approximate surface area is 261 Å². The number of halogens is 7. The monoisotopic (exact) mass is 665 g/mol. The molecule has 0 amide bonds. The Balaban J connectivity index is 1.42. The van der Waals surface area contributed by atoms with Crippen molar-refractivity contribution in [1.29, 1.82) is 0 Å². The number of aromatic hydroxyl groups is 1.